The molecule has 24 heavy (non-hydrogen) atoms. The van der Waals surface area contributed by atoms with Crippen molar-refractivity contribution in [1.29, 1.82) is 0 Å². The molecule has 0 saturated carbocycles. The minimum absolute atomic E-state index is 0.0558. The lowest BCUT2D eigenvalue weighted by atomic mass is 10.0. The number of hydrogen-bond donors (Lipinski definition) is 1. The molecule has 5 heteroatoms. The largest absolute Gasteiger partial charge is 0.497 e. The molecule has 0 aromatic heterocycles. The zero-order chi connectivity index (χ0) is 16.9. The van der Waals surface area contributed by atoms with Crippen molar-refractivity contribution in [3.63, 3.8) is 0 Å². The van der Waals surface area contributed by atoms with Crippen molar-refractivity contribution in [3.8, 4) is 5.75 Å². The molecule has 1 fully saturated rings. The maximum atomic E-state index is 12.4. The van der Waals surface area contributed by atoms with Gasteiger partial charge in [0.15, 0.2) is 0 Å². The molecule has 1 N–H and O–H groups in total. The van der Waals surface area contributed by atoms with Gasteiger partial charge < -0.3 is 15.0 Å². The zero-order valence-electron chi connectivity index (χ0n) is 13.6. The summed E-state index contributed by atoms with van der Waals surface area (Å²) < 4.78 is 5.15. The molecule has 0 aliphatic carbocycles. The van der Waals surface area contributed by atoms with E-state index < -0.39 is 6.04 Å². The van der Waals surface area contributed by atoms with Crippen LogP contribution in [0.4, 0.5) is 0 Å². The van der Waals surface area contributed by atoms with E-state index in [-0.39, 0.29) is 18.4 Å². The van der Waals surface area contributed by atoms with Gasteiger partial charge in [0.1, 0.15) is 11.8 Å². The minimum Gasteiger partial charge on any atom is -0.497 e. The van der Waals surface area contributed by atoms with Gasteiger partial charge in [-0.15, -0.1) is 0 Å². The van der Waals surface area contributed by atoms with Gasteiger partial charge in [0.25, 0.3) is 0 Å². The van der Waals surface area contributed by atoms with E-state index in [4.69, 9.17) is 4.74 Å². The van der Waals surface area contributed by atoms with E-state index in [9.17, 15) is 9.59 Å². The molecule has 124 valence electrons. The lowest BCUT2D eigenvalue weighted by Gasteiger charge is -2.35. The first-order valence-corrected chi connectivity index (χ1v) is 7.91. The maximum Gasteiger partial charge on any atom is 0.243 e. The number of hydrogen-bond acceptors (Lipinski definition) is 3. The highest BCUT2D eigenvalue weighted by Gasteiger charge is 2.34. The lowest BCUT2D eigenvalue weighted by molar-refractivity contribution is -0.146. The highest BCUT2D eigenvalue weighted by atomic mass is 16.5. The fraction of sp³-hybridized carbons (Fsp3) is 0.263. The molecule has 2 aromatic carbocycles. The Morgan fingerprint density at radius 2 is 1.75 bits per heavy atom. The maximum absolute atomic E-state index is 12.4. The highest BCUT2D eigenvalue weighted by molar-refractivity contribution is 5.95. The number of nitrogens with zero attached hydrogens (tertiary/aromatic N) is 1. The summed E-state index contributed by atoms with van der Waals surface area (Å²) in [5, 5.41) is 2.69. The third-order valence-electron chi connectivity index (χ3n) is 4.20. The number of rotatable bonds is 5. The Labute approximate surface area is 141 Å². The van der Waals surface area contributed by atoms with Crippen LogP contribution in [0.2, 0.25) is 0 Å². The van der Waals surface area contributed by atoms with Gasteiger partial charge in [-0.25, -0.2) is 0 Å². The molecule has 5 nitrogen and oxygen atoms in total. The van der Waals surface area contributed by atoms with E-state index >= 15 is 0 Å². The van der Waals surface area contributed by atoms with Crippen LogP contribution in [0.1, 0.15) is 11.1 Å². The molecule has 1 aliphatic rings. The Morgan fingerprint density at radius 3 is 2.42 bits per heavy atom. The Balaban J connectivity index is 1.80. The van der Waals surface area contributed by atoms with Crippen molar-refractivity contribution in [2.75, 3.05) is 13.7 Å². The van der Waals surface area contributed by atoms with Crippen molar-refractivity contribution in [2.45, 2.75) is 19.0 Å². The van der Waals surface area contributed by atoms with E-state index in [0.29, 0.717) is 13.0 Å². The second-order valence-corrected chi connectivity index (χ2v) is 5.79. The third kappa shape index (κ3) is 3.56. The van der Waals surface area contributed by atoms with Crippen LogP contribution in [0.25, 0.3) is 0 Å². The number of nitrogens with one attached hydrogen (secondary N) is 1. The molecule has 0 unspecified atom stereocenters. The Kier molecular flexibility index (Phi) is 4.79. The normalized spacial score (nSPS) is 17.5. The summed E-state index contributed by atoms with van der Waals surface area (Å²) >= 11 is 0. The van der Waals surface area contributed by atoms with Gasteiger partial charge in [-0.3, -0.25) is 9.59 Å². The van der Waals surface area contributed by atoms with Crippen LogP contribution >= 0.6 is 0 Å². The number of ether oxygens (including phenoxy) is 1. The average molecular weight is 324 g/mol. The highest BCUT2D eigenvalue weighted by Crippen LogP contribution is 2.18. The zero-order valence-corrected chi connectivity index (χ0v) is 13.6. The minimum atomic E-state index is -0.490. The van der Waals surface area contributed by atoms with Crippen molar-refractivity contribution in [2.24, 2.45) is 0 Å². The van der Waals surface area contributed by atoms with Crippen molar-refractivity contribution in [1.82, 2.24) is 10.2 Å². The quantitative estimate of drug-likeness (QED) is 0.912. The number of amides is 2. The molecule has 1 heterocycles. The van der Waals surface area contributed by atoms with Gasteiger partial charge in [-0.2, -0.15) is 0 Å². The number of benzene rings is 2. The summed E-state index contributed by atoms with van der Waals surface area (Å²) in [6.07, 6.45) is 0.509. The van der Waals surface area contributed by atoms with Gasteiger partial charge >= 0.3 is 0 Å². The summed E-state index contributed by atoms with van der Waals surface area (Å²) in [5.41, 5.74) is 2.00. The Hall–Kier alpha value is -2.82. The molecular weight excluding hydrogens is 304 g/mol. The average Bonchev–Trinajstić information content (AvgIpc) is 2.62. The molecule has 1 aliphatic heterocycles. The summed E-state index contributed by atoms with van der Waals surface area (Å²) in [6.45, 7) is 0.466. The standard InChI is InChI=1S/C19H20N2O3/c1-24-16-9-7-15(8-10-16)13-21-17(19(23)20-12-18(21)22)11-14-5-3-2-4-6-14/h2-10,17H,11-13H2,1H3,(H,20,23)/t17-/m1/s1. The predicted octanol–water partition coefficient (Wildman–Crippen LogP) is 1.76. The van der Waals surface area contributed by atoms with Crippen LogP contribution < -0.4 is 10.1 Å². The van der Waals surface area contributed by atoms with E-state index in [2.05, 4.69) is 5.32 Å². The summed E-state index contributed by atoms with van der Waals surface area (Å²) in [5.74, 6) is 0.598. The van der Waals surface area contributed by atoms with E-state index in [0.717, 1.165) is 16.9 Å². The molecule has 0 radical (unpaired) electrons. The summed E-state index contributed by atoms with van der Waals surface area (Å²) in [7, 11) is 1.61. The van der Waals surface area contributed by atoms with Gasteiger partial charge in [-0.1, -0.05) is 42.5 Å². The second-order valence-electron chi connectivity index (χ2n) is 5.79. The van der Waals surface area contributed by atoms with Crippen LogP contribution in [0.5, 0.6) is 5.75 Å². The third-order valence-corrected chi connectivity index (χ3v) is 4.20. The van der Waals surface area contributed by atoms with Crippen LogP contribution in [0.3, 0.4) is 0 Å². The second kappa shape index (κ2) is 7.17. The van der Waals surface area contributed by atoms with Gasteiger partial charge in [0.2, 0.25) is 11.8 Å². The number of methoxy groups -OCH3 is 1. The molecule has 0 spiro atoms. The first-order chi connectivity index (χ1) is 11.7. The molecular formula is C19H20N2O3. The smallest absolute Gasteiger partial charge is 0.243 e. The summed E-state index contributed by atoms with van der Waals surface area (Å²) in [6, 6.07) is 16.8. The SMILES string of the molecule is COc1ccc(CN2C(=O)CNC(=O)[C@H]2Cc2ccccc2)cc1. The molecule has 0 bridgehead atoms. The molecule has 1 saturated heterocycles. The van der Waals surface area contributed by atoms with E-state index in [1.165, 1.54) is 0 Å². The number of piperazine rings is 1. The molecule has 3 rings (SSSR count). The first-order valence-electron chi connectivity index (χ1n) is 7.91. The van der Waals surface area contributed by atoms with Gasteiger partial charge in [0.05, 0.1) is 13.7 Å². The van der Waals surface area contributed by atoms with Gasteiger partial charge in [0, 0.05) is 13.0 Å². The van der Waals surface area contributed by atoms with Gasteiger partial charge in [-0.05, 0) is 23.3 Å². The summed E-state index contributed by atoms with van der Waals surface area (Å²) in [4.78, 5) is 26.3. The number of carbonyl (C=O) groups is 2. The topological polar surface area (TPSA) is 58.6 Å². The monoisotopic (exact) mass is 324 g/mol. The van der Waals surface area contributed by atoms with E-state index in [1.54, 1.807) is 12.0 Å². The lowest BCUT2D eigenvalue weighted by Crippen LogP contribution is -2.58. The predicted molar refractivity (Wildman–Crippen MR) is 90.5 cm³/mol. The van der Waals surface area contributed by atoms with E-state index in [1.807, 2.05) is 54.6 Å². The van der Waals surface area contributed by atoms with Crippen LogP contribution in [-0.2, 0) is 22.6 Å². The van der Waals surface area contributed by atoms with Crippen molar-refractivity contribution < 1.29 is 14.3 Å². The van der Waals surface area contributed by atoms with Crippen LogP contribution in [0.15, 0.2) is 54.6 Å². The molecule has 1 atom stereocenters. The Bertz CT molecular complexity index is 713. The van der Waals surface area contributed by atoms with Crippen LogP contribution in [0, 0.1) is 0 Å². The van der Waals surface area contributed by atoms with Crippen molar-refractivity contribution >= 4 is 11.8 Å². The van der Waals surface area contributed by atoms with Crippen molar-refractivity contribution in [3.05, 3.63) is 65.7 Å². The first kappa shape index (κ1) is 16.1. The fourth-order valence-electron chi connectivity index (χ4n) is 2.86. The van der Waals surface area contributed by atoms with Crippen LogP contribution in [-0.4, -0.2) is 36.4 Å². The fourth-order valence-corrected chi connectivity index (χ4v) is 2.86. The number of carbonyl (C=O) groups excluding carboxylic acids is 2. The molecule has 2 amide bonds. The molecule has 2 aromatic rings. The Morgan fingerprint density at radius 1 is 1.04 bits per heavy atom.